The highest BCUT2D eigenvalue weighted by Crippen LogP contribution is 2.12. The molecular weight excluding hydrogens is 124 g/mol. The Bertz CT molecular complexity index is 173. The quantitative estimate of drug-likeness (QED) is 0.563. The lowest BCUT2D eigenvalue weighted by molar-refractivity contribution is 0.942. The predicted octanol–water partition coefficient (Wildman–Crippen LogP) is 1.26. The van der Waals surface area contributed by atoms with Crippen LogP contribution in [0, 0.1) is 0 Å². The molecule has 0 fully saturated rings. The van der Waals surface area contributed by atoms with Crippen molar-refractivity contribution in [3.8, 4) is 0 Å². The van der Waals surface area contributed by atoms with Crippen molar-refractivity contribution in [2.75, 3.05) is 5.73 Å². The van der Waals surface area contributed by atoms with E-state index in [1.165, 1.54) is 0 Å². The van der Waals surface area contributed by atoms with E-state index in [2.05, 4.69) is 0 Å². The highest BCUT2D eigenvalue weighted by Gasteiger charge is 1.94. The van der Waals surface area contributed by atoms with Crippen molar-refractivity contribution in [3.05, 3.63) is 17.3 Å². The van der Waals surface area contributed by atoms with E-state index in [0.29, 0.717) is 11.0 Å². The first-order valence-corrected chi connectivity index (χ1v) is 2.66. The lowest BCUT2D eigenvalue weighted by atomic mass is 10.6. The molecule has 0 radical (unpaired) electrons. The molecule has 0 atom stereocenters. The summed E-state index contributed by atoms with van der Waals surface area (Å²) in [5, 5.41) is 0.669. The predicted molar refractivity (Wildman–Crippen MR) is 34.8 cm³/mol. The van der Waals surface area contributed by atoms with Gasteiger partial charge in [0, 0.05) is 7.05 Å². The van der Waals surface area contributed by atoms with Crippen molar-refractivity contribution in [1.29, 1.82) is 0 Å². The van der Waals surface area contributed by atoms with Gasteiger partial charge in [0.2, 0.25) is 0 Å². The molecule has 0 spiro atoms. The van der Waals surface area contributed by atoms with Crippen LogP contribution >= 0.6 is 11.6 Å². The Morgan fingerprint density at radius 3 is 2.38 bits per heavy atom. The van der Waals surface area contributed by atoms with Gasteiger partial charge in [0.1, 0.15) is 11.0 Å². The van der Waals surface area contributed by atoms with E-state index in [0.717, 1.165) is 0 Å². The van der Waals surface area contributed by atoms with Crippen LogP contribution in [0.25, 0.3) is 0 Å². The largest absolute Gasteiger partial charge is 0.385 e. The van der Waals surface area contributed by atoms with Crippen LogP contribution in [-0.4, -0.2) is 4.57 Å². The van der Waals surface area contributed by atoms with Crippen LogP contribution in [-0.2, 0) is 7.05 Å². The van der Waals surface area contributed by atoms with Gasteiger partial charge >= 0.3 is 0 Å². The third-order valence-corrected chi connectivity index (χ3v) is 1.48. The van der Waals surface area contributed by atoms with Crippen LogP contribution in [0.15, 0.2) is 12.1 Å². The molecule has 0 saturated heterocycles. The summed E-state index contributed by atoms with van der Waals surface area (Å²) in [6.45, 7) is 0. The van der Waals surface area contributed by atoms with E-state index in [1.54, 1.807) is 16.7 Å². The van der Waals surface area contributed by atoms with Crippen molar-refractivity contribution in [3.63, 3.8) is 0 Å². The highest BCUT2D eigenvalue weighted by molar-refractivity contribution is 6.29. The molecule has 0 aliphatic rings. The summed E-state index contributed by atoms with van der Waals surface area (Å²) in [5.41, 5.74) is 5.42. The van der Waals surface area contributed by atoms with E-state index in [4.69, 9.17) is 17.3 Å². The molecule has 0 aliphatic heterocycles. The fraction of sp³-hybridized carbons (Fsp3) is 0.200. The Morgan fingerprint density at radius 1 is 1.62 bits per heavy atom. The number of rotatable bonds is 0. The number of hydrogen-bond acceptors (Lipinski definition) is 1. The molecule has 0 aromatic carbocycles. The van der Waals surface area contributed by atoms with Crippen molar-refractivity contribution in [2.24, 2.45) is 7.05 Å². The van der Waals surface area contributed by atoms with Gasteiger partial charge in [-0.25, -0.2) is 0 Å². The normalized spacial score (nSPS) is 9.75. The van der Waals surface area contributed by atoms with Gasteiger partial charge in [-0.2, -0.15) is 0 Å². The Hall–Kier alpha value is -0.630. The summed E-state index contributed by atoms with van der Waals surface area (Å²) in [6.07, 6.45) is 0. The number of nitrogens with two attached hydrogens (primary N) is 1. The molecule has 1 heterocycles. The van der Waals surface area contributed by atoms with Gasteiger partial charge in [-0.1, -0.05) is 11.6 Å². The van der Waals surface area contributed by atoms with Gasteiger partial charge in [0.05, 0.1) is 0 Å². The molecule has 1 aromatic heterocycles. The molecule has 0 saturated carbocycles. The first kappa shape index (κ1) is 5.51. The zero-order valence-electron chi connectivity index (χ0n) is 4.56. The Balaban J connectivity index is 3.19. The molecule has 0 bridgehead atoms. The molecule has 44 valence electrons. The van der Waals surface area contributed by atoms with E-state index < -0.39 is 0 Å². The Kier molecular flexibility index (Phi) is 1.18. The molecule has 0 unspecified atom stereocenters. The van der Waals surface area contributed by atoms with Crippen LogP contribution in [0.2, 0.25) is 5.15 Å². The first-order valence-electron chi connectivity index (χ1n) is 2.28. The van der Waals surface area contributed by atoms with Crippen LogP contribution in [0.4, 0.5) is 5.82 Å². The van der Waals surface area contributed by atoms with Crippen LogP contribution < -0.4 is 5.73 Å². The van der Waals surface area contributed by atoms with Gasteiger partial charge < -0.3 is 10.3 Å². The minimum atomic E-state index is 0.669. The van der Waals surface area contributed by atoms with Gasteiger partial charge in [0.15, 0.2) is 0 Å². The summed E-state index contributed by atoms with van der Waals surface area (Å²) < 4.78 is 1.71. The third kappa shape index (κ3) is 0.670. The number of aromatic nitrogens is 1. The topological polar surface area (TPSA) is 30.9 Å². The monoisotopic (exact) mass is 130 g/mol. The maximum Gasteiger partial charge on any atom is 0.110 e. The SMILES string of the molecule is Cn1c(N)ccc1Cl. The van der Waals surface area contributed by atoms with Crippen molar-refractivity contribution < 1.29 is 0 Å². The second kappa shape index (κ2) is 1.71. The molecule has 2 N–H and O–H groups in total. The minimum absolute atomic E-state index is 0.669. The van der Waals surface area contributed by atoms with Crippen LogP contribution in [0.3, 0.4) is 0 Å². The maximum atomic E-state index is 5.61. The summed E-state index contributed by atoms with van der Waals surface area (Å²) >= 11 is 5.61. The Labute approximate surface area is 52.9 Å². The van der Waals surface area contributed by atoms with Crippen molar-refractivity contribution in [2.45, 2.75) is 0 Å². The smallest absolute Gasteiger partial charge is 0.110 e. The standard InChI is InChI=1S/C5H7ClN2/c1-8-4(6)2-3-5(8)7/h2-3H,7H2,1H3. The lowest BCUT2D eigenvalue weighted by Crippen LogP contribution is -1.94. The van der Waals surface area contributed by atoms with Gasteiger partial charge in [-0.05, 0) is 12.1 Å². The second-order valence-electron chi connectivity index (χ2n) is 1.64. The molecule has 8 heavy (non-hydrogen) atoms. The molecule has 2 nitrogen and oxygen atoms in total. The molecule has 1 aromatic rings. The number of nitrogens with zero attached hydrogens (tertiary/aromatic N) is 1. The molecule has 0 amide bonds. The third-order valence-electron chi connectivity index (χ3n) is 1.10. The molecule has 3 heteroatoms. The Morgan fingerprint density at radius 2 is 2.25 bits per heavy atom. The first-order chi connectivity index (χ1) is 3.72. The molecule has 0 aliphatic carbocycles. The van der Waals surface area contributed by atoms with Crippen molar-refractivity contribution in [1.82, 2.24) is 4.57 Å². The van der Waals surface area contributed by atoms with Crippen LogP contribution in [0.1, 0.15) is 0 Å². The van der Waals surface area contributed by atoms with E-state index in [9.17, 15) is 0 Å². The van der Waals surface area contributed by atoms with E-state index in [1.807, 2.05) is 7.05 Å². The number of nitrogen functional groups attached to an aromatic ring is 1. The number of halogens is 1. The zero-order valence-corrected chi connectivity index (χ0v) is 5.31. The number of anilines is 1. The molecular formula is C5H7ClN2. The minimum Gasteiger partial charge on any atom is -0.385 e. The summed E-state index contributed by atoms with van der Waals surface area (Å²) in [4.78, 5) is 0. The van der Waals surface area contributed by atoms with Crippen LogP contribution in [0.5, 0.6) is 0 Å². The van der Waals surface area contributed by atoms with E-state index >= 15 is 0 Å². The highest BCUT2D eigenvalue weighted by atomic mass is 35.5. The fourth-order valence-electron chi connectivity index (χ4n) is 0.501. The van der Waals surface area contributed by atoms with E-state index in [-0.39, 0.29) is 0 Å². The summed E-state index contributed by atoms with van der Waals surface area (Å²) in [5.74, 6) is 0.690. The van der Waals surface area contributed by atoms with Gasteiger partial charge in [-0.3, -0.25) is 0 Å². The zero-order chi connectivity index (χ0) is 6.15. The summed E-state index contributed by atoms with van der Waals surface area (Å²) in [6, 6.07) is 3.53. The molecule has 1 rings (SSSR count). The fourth-order valence-corrected chi connectivity index (χ4v) is 0.662. The number of hydrogen-bond donors (Lipinski definition) is 1. The van der Waals surface area contributed by atoms with Crippen molar-refractivity contribution >= 4 is 17.4 Å². The lowest BCUT2D eigenvalue weighted by Gasteiger charge is -1.94. The van der Waals surface area contributed by atoms with Gasteiger partial charge in [-0.15, -0.1) is 0 Å². The maximum absolute atomic E-state index is 5.61. The second-order valence-corrected chi connectivity index (χ2v) is 2.03. The summed E-state index contributed by atoms with van der Waals surface area (Å²) in [7, 11) is 1.82. The average Bonchev–Trinajstić information content (AvgIpc) is 1.98. The average molecular weight is 131 g/mol. The van der Waals surface area contributed by atoms with Gasteiger partial charge in [0.25, 0.3) is 0 Å².